The van der Waals surface area contributed by atoms with Crippen molar-refractivity contribution < 1.29 is 4.79 Å². The molecular weight excluding hydrogens is 313 g/mol. The van der Waals surface area contributed by atoms with Gasteiger partial charge in [0.15, 0.2) is 0 Å². The predicted octanol–water partition coefficient (Wildman–Crippen LogP) is 5.30. The van der Waals surface area contributed by atoms with Gasteiger partial charge in [0.05, 0.1) is 20.4 Å². The number of benzene rings is 1. The number of thiophene rings is 1. The van der Waals surface area contributed by atoms with Crippen molar-refractivity contribution in [3.05, 3.63) is 51.9 Å². The van der Waals surface area contributed by atoms with Gasteiger partial charge in [-0.25, -0.2) is 4.98 Å². The third kappa shape index (κ3) is 2.33. The molecule has 0 amide bonds. The quantitative estimate of drug-likeness (QED) is 0.599. The van der Waals surface area contributed by atoms with Gasteiger partial charge in [0, 0.05) is 10.9 Å². The monoisotopic (exact) mass is 321 g/mol. The smallest absolute Gasteiger partial charge is 0.253 e. The average molecular weight is 322 g/mol. The van der Waals surface area contributed by atoms with Crippen LogP contribution >= 0.6 is 34.5 Å². The zero-order valence-corrected chi connectivity index (χ0v) is 12.8. The fourth-order valence-corrected chi connectivity index (χ4v) is 3.29. The van der Waals surface area contributed by atoms with Crippen molar-refractivity contribution in [1.82, 2.24) is 4.98 Å². The molecule has 3 aromatic rings. The van der Waals surface area contributed by atoms with Crippen molar-refractivity contribution in [3.8, 4) is 10.6 Å². The van der Waals surface area contributed by atoms with Gasteiger partial charge in [0.25, 0.3) is 5.24 Å². The van der Waals surface area contributed by atoms with Crippen LogP contribution in [-0.4, -0.2) is 10.2 Å². The van der Waals surface area contributed by atoms with Crippen LogP contribution in [0.25, 0.3) is 21.5 Å². The fourth-order valence-electron chi connectivity index (χ4n) is 2.13. The Labute approximate surface area is 130 Å². The van der Waals surface area contributed by atoms with Gasteiger partial charge in [-0.15, -0.1) is 11.3 Å². The van der Waals surface area contributed by atoms with E-state index in [0.717, 1.165) is 21.3 Å². The number of rotatable bonds is 2. The minimum absolute atomic E-state index is 0.472. The van der Waals surface area contributed by atoms with Gasteiger partial charge in [-0.05, 0) is 42.3 Å². The highest BCUT2D eigenvalue weighted by molar-refractivity contribution is 7.19. The van der Waals surface area contributed by atoms with E-state index in [-0.39, 0.29) is 0 Å². The standard InChI is InChI=1S/C15H9Cl2NOS/c1-8-3-2-4-9-10(15(17)19)7-11(18-14(8)9)12-5-6-13(16)20-12/h2-7H,1H3. The van der Waals surface area contributed by atoms with Crippen molar-refractivity contribution in [1.29, 1.82) is 0 Å². The molecule has 20 heavy (non-hydrogen) atoms. The van der Waals surface area contributed by atoms with Crippen LogP contribution in [-0.2, 0) is 0 Å². The number of nitrogens with zero attached hydrogens (tertiary/aromatic N) is 1. The Morgan fingerprint density at radius 2 is 2.05 bits per heavy atom. The number of para-hydroxylation sites is 1. The summed E-state index contributed by atoms with van der Waals surface area (Å²) < 4.78 is 0.686. The molecule has 2 nitrogen and oxygen atoms in total. The van der Waals surface area contributed by atoms with Crippen LogP contribution in [0.15, 0.2) is 36.4 Å². The zero-order chi connectivity index (χ0) is 14.3. The number of carbonyl (C=O) groups is 1. The van der Waals surface area contributed by atoms with Crippen molar-refractivity contribution in [2.24, 2.45) is 0 Å². The molecule has 0 radical (unpaired) electrons. The second-order valence-electron chi connectivity index (χ2n) is 4.40. The minimum atomic E-state index is -0.480. The molecule has 5 heteroatoms. The third-order valence-electron chi connectivity index (χ3n) is 3.08. The second kappa shape index (κ2) is 5.17. The lowest BCUT2D eigenvalue weighted by molar-refractivity contribution is 0.108. The average Bonchev–Trinajstić information content (AvgIpc) is 2.85. The molecule has 0 unspecified atom stereocenters. The minimum Gasteiger partial charge on any atom is -0.276 e. The highest BCUT2D eigenvalue weighted by atomic mass is 35.5. The molecule has 2 heterocycles. The molecular formula is C15H9Cl2NOS. The molecule has 0 saturated carbocycles. The topological polar surface area (TPSA) is 30.0 Å². The van der Waals surface area contributed by atoms with E-state index < -0.39 is 5.24 Å². The summed E-state index contributed by atoms with van der Waals surface area (Å²) in [6.07, 6.45) is 0. The van der Waals surface area contributed by atoms with E-state index in [1.54, 1.807) is 6.07 Å². The van der Waals surface area contributed by atoms with Crippen molar-refractivity contribution >= 4 is 50.7 Å². The van der Waals surface area contributed by atoms with E-state index in [1.807, 2.05) is 37.3 Å². The highest BCUT2D eigenvalue weighted by Gasteiger charge is 2.14. The number of fused-ring (bicyclic) bond motifs is 1. The molecule has 3 rings (SSSR count). The number of hydrogen-bond donors (Lipinski definition) is 0. The molecule has 0 atom stereocenters. The van der Waals surface area contributed by atoms with E-state index in [9.17, 15) is 4.79 Å². The largest absolute Gasteiger partial charge is 0.276 e. The SMILES string of the molecule is Cc1cccc2c(C(=O)Cl)cc(-c3ccc(Cl)s3)nc12. The summed E-state index contributed by atoms with van der Waals surface area (Å²) in [6, 6.07) is 11.1. The van der Waals surface area contributed by atoms with Gasteiger partial charge in [0.1, 0.15) is 0 Å². The molecule has 0 aliphatic heterocycles. The summed E-state index contributed by atoms with van der Waals surface area (Å²) in [4.78, 5) is 17.2. The Kier molecular flexibility index (Phi) is 3.50. The lowest BCUT2D eigenvalue weighted by Gasteiger charge is -2.07. The first-order chi connectivity index (χ1) is 9.56. The van der Waals surface area contributed by atoms with E-state index in [0.29, 0.717) is 15.6 Å². The van der Waals surface area contributed by atoms with Crippen LogP contribution in [0.4, 0.5) is 0 Å². The number of hydrogen-bond acceptors (Lipinski definition) is 3. The number of aromatic nitrogens is 1. The molecule has 0 spiro atoms. The molecule has 0 aliphatic rings. The third-order valence-corrected chi connectivity index (χ3v) is 4.54. The van der Waals surface area contributed by atoms with Crippen molar-refractivity contribution in [3.63, 3.8) is 0 Å². The maximum atomic E-state index is 11.7. The fraction of sp³-hybridized carbons (Fsp3) is 0.0667. The first-order valence-corrected chi connectivity index (χ1v) is 7.49. The maximum Gasteiger partial charge on any atom is 0.253 e. The van der Waals surface area contributed by atoms with Gasteiger partial charge in [-0.2, -0.15) is 0 Å². The van der Waals surface area contributed by atoms with Crippen LogP contribution < -0.4 is 0 Å². The van der Waals surface area contributed by atoms with Crippen molar-refractivity contribution in [2.45, 2.75) is 6.92 Å². The Morgan fingerprint density at radius 3 is 2.70 bits per heavy atom. The van der Waals surface area contributed by atoms with Gasteiger partial charge in [-0.1, -0.05) is 29.8 Å². The number of pyridine rings is 1. The summed E-state index contributed by atoms with van der Waals surface area (Å²) in [5.74, 6) is 0. The number of halogens is 2. The Balaban J connectivity index is 2.35. The number of carbonyl (C=O) groups excluding carboxylic acids is 1. The first kappa shape index (κ1) is 13.6. The molecule has 100 valence electrons. The van der Waals surface area contributed by atoms with E-state index in [2.05, 4.69) is 4.98 Å². The van der Waals surface area contributed by atoms with Gasteiger partial charge in [-0.3, -0.25) is 4.79 Å². The normalized spacial score (nSPS) is 10.9. The van der Waals surface area contributed by atoms with Gasteiger partial charge >= 0.3 is 0 Å². The molecule has 0 fully saturated rings. The molecule has 0 N–H and O–H groups in total. The van der Waals surface area contributed by atoms with Crippen molar-refractivity contribution in [2.75, 3.05) is 0 Å². The zero-order valence-electron chi connectivity index (χ0n) is 10.5. The van der Waals surface area contributed by atoms with Crippen LogP contribution in [0, 0.1) is 6.92 Å². The summed E-state index contributed by atoms with van der Waals surface area (Å²) in [7, 11) is 0. The molecule has 0 bridgehead atoms. The summed E-state index contributed by atoms with van der Waals surface area (Å²) in [5, 5.41) is 0.295. The lowest BCUT2D eigenvalue weighted by atomic mass is 10.0. The van der Waals surface area contributed by atoms with E-state index >= 15 is 0 Å². The van der Waals surface area contributed by atoms with Crippen LogP contribution in [0.2, 0.25) is 4.34 Å². The Bertz CT molecular complexity index is 826. The van der Waals surface area contributed by atoms with E-state index in [1.165, 1.54) is 11.3 Å². The summed E-state index contributed by atoms with van der Waals surface area (Å²) in [6.45, 7) is 1.96. The maximum absolute atomic E-state index is 11.7. The van der Waals surface area contributed by atoms with Crippen LogP contribution in [0.5, 0.6) is 0 Å². The van der Waals surface area contributed by atoms with Crippen LogP contribution in [0.3, 0.4) is 0 Å². The highest BCUT2D eigenvalue weighted by Crippen LogP contribution is 2.33. The molecule has 2 aromatic heterocycles. The Morgan fingerprint density at radius 1 is 1.25 bits per heavy atom. The second-order valence-corrected chi connectivity index (χ2v) is 6.46. The molecule has 0 saturated heterocycles. The van der Waals surface area contributed by atoms with Gasteiger partial charge in [0.2, 0.25) is 0 Å². The molecule has 0 aliphatic carbocycles. The summed E-state index contributed by atoms with van der Waals surface area (Å²) >= 11 is 13.1. The first-order valence-electron chi connectivity index (χ1n) is 5.92. The van der Waals surface area contributed by atoms with E-state index in [4.69, 9.17) is 23.2 Å². The number of aryl methyl sites for hydroxylation is 1. The summed E-state index contributed by atoms with van der Waals surface area (Å²) in [5.41, 5.74) is 2.98. The van der Waals surface area contributed by atoms with Crippen LogP contribution in [0.1, 0.15) is 15.9 Å². The molecule has 1 aromatic carbocycles. The van der Waals surface area contributed by atoms with Gasteiger partial charge < -0.3 is 0 Å². The predicted molar refractivity (Wildman–Crippen MR) is 85.0 cm³/mol. The lowest BCUT2D eigenvalue weighted by Crippen LogP contribution is -1.96. The Hall–Kier alpha value is -1.42.